The molecule has 6 heteroatoms. The first-order chi connectivity index (χ1) is 9.00. The van der Waals surface area contributed by atoms with Crippen LogP contribution in [-0.4, -0.2) is 28.1 Å². The van der Waals surface area contributed by atoms with Crippen molar-refractivity contribution in [2.24, 2.45) is 0 Å². The summed E-state index contributed by atoms with van der Waals surface area (Å²) in [5.41, 5.74) is 0.474. The van der Waals surface area contributed by atoms with Gasteiger partial charge in [0.05, 0.1) is 0 Å². The smallest absolute Gasteiger partial charge is 0.330 e. The van der Waals surface area contributed by atoms with E-state index in [9.17, 15) is 14.4 Å². The summed E-state index contributed by atoms with van der Waals surface area (Å²) < 4.78 is 0. The Hall–Kier alpha value is -2.37. The Morgan fingerprint density at radius 2 is 1.68 bits per heavy atom. The third-order valence-corrected chi connectivity index (χ3v) is 2.48. The third kappa shape index (κ3) is 5.20. The highest BCUT2D eigenvalue weighted by atomic mass is 16.4. The van der Waals surface area contributed by atoms with Crippen LogP contribution in [0.3, 0.4) is 0 Å². The van der Waals surface area contributed by atoms with E-state index in [4.69, 9.17) is 10.2 Å². The normalized spacial score (nSPS) is 11.6. The molecule has 0 spiro atoms. The van der Waals surface area contributed by atoms with E-state index in [2.05, 4.69) is 5.32 Å². The fourth-order valence-corrected chi connectivity index (χ4v) is 1.57. The van der Waals surface area contributed by atoms with Gasteiger partial charge < -0.3 is 15.5 Å². The molecule has 3 N–H and O–H groups in total. The maximum Gasteiger partial charge on any atom is 0.330 e. The molecule has 1 atom stereocenters. The van der Waals surface area contributed by atoms with Crippen LogP contribution < -0.4 is 5.32 Å². The lowest BCUT2D eigenvalue weighted by Gasteiger charge is -2.14. The summed E-state index contributed by atoms with van der Waals surface area (Å²) in [5.74, 6) is -2.61. The van der Waals surface area contributed by atoms with Gasteiger partial charge in [0.25, 0.3) is 0 Å². The van der Waals surface area contributed by atoms with Gasteiger partial charge >= 0.3 is 11.9 Å². The highest BCUT2D eigenvalue weighted by Crippen LogP contribution is 2.13. The largest absolute Gasteiger partial charge is 0.481 e. The van der Waals surface area contributed by atoms with Crippen LogP contribution in [-0.2, 0) is 14.4 Å². The molecular formula is C13H15NO5. The van der Waals surface area contributed by atoms with E-state index in [1.807, 2.05) is 0 Å². The number of carbonyl (C=O) groups excluding carboxylic acids is 1. The second-order valence-corrected chi connectivity index (χ2v) is 4.00. The summed E-state index contributed by atoms with van der Waals surface area (Å²) in [6.07, 6.45) is 0.0572. The lowest BCUT2D eigenvalue weighted by molar-refractivity contribution is -0.142. The van der Waals surface area contributed by atoms with Crippen LogP contribution in [0.25, 0.3) is 0 Å². The van der Waals surface area contributed by atoms with Gasteiger partial charge in [0, 0.05) is 12.8 Å². The molecule has 0 aromatic heterocycles. The van der Waals surface area contributed by atoms with E-state index < -0.39 is 23.9 Å². The van der Waals surface area contributed by atoms with Crippen LogP contribution in [0.5, 0.6) is 0 Å². The van der Waals surface area contributed by atoms with E-state index in [1.165, 1.54) is 0 Å². The van der Waals surface area contributed by atoms with Gasteiger partial charge in [-0.15, -0.1) is 0 Å². The SMILES string of the molecule is O=C(O)CCCC(=O)NC(C(=O)O)c1ccccc1. The fraction of sp³-hybridized carbons (Fsp3) is 0.308. The first-order valence-electron chi connectivity index (χ1n) is 5.79. The Balaban J connectivity index is 2.57. The van der Waals surface area contributed by atoms with Gasteiger partial charge in [0.15, 0.2) is 6.04 Å². The maximum absolute atomic E-state index is 11.5. The topological polar surface area (TPSA) is 104 Å². The van der Waals surface area contributed by atoms with Gasteiger partial charge in [-0.1, -0.05) is 30.3 Å². The molecule has 102 valence electrons. The van der Waals surface area contributed by atoms with Crippen molar-refractivity contribution < 1.29 is 24.6 Å². The van der Waals surface area contributed by atoms with Crippen molar-refractivity contribution in [1.82, 2.24) is 5.32 Å². The Morgan fingerprint density at radius 1 is 1.05 bits per heavy atom. The Bertz CT molecular complexity index is 457. The molecule has 0 radical (unpaired) electrons. The zero-order chi connectivity index (χ0) is 14.3. The molecule has 1 amide bonds. The van der Waals surface area contributed by atoms with E-state index in [-0.39, 0.29) is 19.3 Å². The summed E-state index contributed by atoms with van der Waals surface area (Å²) in [6.45, 7) is 0. The monoisotopic (exact) mass is 265 g/mol. The zero-order valence-corrected chi connectivity index (χ0v) is 10.2. The minimum absolute atomic E-state index is 0.0110. The van der Waals surface area contributed by atoms with Gasteiger partial charge in [0.1, 0.15) is 0 Å². The molecule has 1 aromatic rings. The first kappa shape index (κ1) is 14.7. The molecule has 0 saturated carbocycles. The number of carboxylic acids is 2. The average molecular weight is 265 g/mol. The second kappa shape index (κ2) is 7.15. The third-order valence-electron chi connectivity index (χ3n) is 2.48. The number of rotatable bonds is 7. The molecule has 19 heavy (non-hydrogen) atoms. The highest BCUT2D eigenvalue weighted by Gasteiger charge is 2.21. The van der Waals surface area contributed by atoms with Crippen molar-refractivity contribution in [1.29, 1.82) is 0 Å². The number of carbonyl (C=O) groups is 3. The fourth-order valence-electron chi connectivity index (χ4n) is 1.57. The number of aliphatic carboxylic acids is 2. The van der Waals surface area contributed by atoms with Crippen LogP contribution in [0.2, 0.25) is 0 Å². The molecule has 0 fully saturated rings. The second-order valence-electron chi connectivity index (χ2n) is 4.00. The number of carboxylic acid groups (broad SMARTS) is 2. The summed E-state index contributed by atoms with van der Waals surface area (Å²) >= 11 is 0. The lowest BCUT2D eigenvalue weighted by Crippen LogP contribution is -2.33. The lowest BCUT2D eigenvalue weighted by atomic mass is 10.1. The van der Waals surface area contributed by atoms with Crippen LogP contribution in [0.4, 0.5) is 0 Å². The predicted octanol–water partition coefficient (Wildman–Crippen LogP) is 1.18. The van der Waals surface area contributed by atoms with Crippen molar-refractivity contribution in [3.05, 3.63) is 35.9 Å². The number of hydrogen-bond acceptors (Lipinski definition) is 3. The van der Waals surface area contributed by atoms with E-state index in [0.717, 1.165) is 0 Å². The summed E-state index contributed by atoms with van der Waals surface area (Å²) in [6, 6.07) is 7.21. The number of hydrogen-bond donors (Lipinski definition) is 3. The van der Waals surface area contributed by atoms with Gasteiger partial charge in [-0.05, 0) is 12.0 Å². The standard InChI is InChI=1S/C13H15NO5/c15-10(7-4-8-11(16)17)14-12(13(18)19)9-5-2-1-3-6-9/h1-3,5-6,12H,4,7-8H2,(H,14,15)(H,16,17)(H,18,19). The summed E-state index contributed by atoms with van der Waals surface area (Å²) in [5, 5.41) is 19.9. The molecule has 0 aliphatic heterocycles. The predicted molar refractivity (Wildman–Crippen MR) is 66.4 cm³/mol. The maximum atomic E-state index is 11.5. The van der Waals surface area contributed by atoms with E-state index >= 15 is 0 Å². The van der Waals surface area contributed by atoms with Crippen molar-refractivity contribution in [3.8, 4) is 0 Å². The Morgan fingerprint density at radius 3 is 2.21 bits per heavy atom. The average Bonchev–Trinajstić information content (AvgIpc) is 2.36. The molecule has 1 unspecified atom stereocenters. The van der Waals surface area contributed by atoms with Crippen LogP contribution in [0.15, 0.2) is 30.3 Å². The molecule has 0 heterocycles. The Labute approximate surface area is 110 Å². The van der Waals surface area contributed by atoms with Gasteiger partial charge in [0.2, 0.25) is 5.91 Å². The molecule has 1 aromatic carbocycles. The summed E-state index contributed by atoms with van der Waals surface area (Å²) in [7, 11) is 0. The zero-order valence-electron chi connectivity index (χ0n) is 10.2. The number of nitrogens with one attached hydrogen (secondary N) is 1. The van der Waals surface area contributed by atoms with Gasteiger partial charge in [-0.25, -0.2) is 4.79 Å². The van der Waals surface area contributed by atoms with Crippen LogP contribution in [0.1, 0.15) is 30.9 Å². The quantitative estimate of drug-likeness (QED) is 0.686. The first-order valence-corrected chi connectivity index (χ1v) is 5.79. The number of benzene rings is 1. The van der Waals surface area contributed by atoms with Gasteiger partial charge in [-0.2, -0.15) is 0 Å². The number of amides is 1. The summed E-state index contributed by atoms with van der Waals surface area (Å²) in [4.78, 5) is 33.0. The molecular weight excluding hydrogens is 250 g/mol. The van der Waals surface area contributed by atoms with Crippen molar-refractivity contribution in [2.45, 2.75) is 25.3 Å². The molecule has 0 aliphatic rings. The van der Waals surface area contributed by atoms with Gasteiger partial charge in [-0.3, -0.25) is 9.59 Å². The molecule has 0 bridgehead atoms. The molecule has 1 rings (SSSR count). The minimum atomic E-state index is -1.15. The molecule has 0 aliphatic carbocycles. The van der Waals surface area contributed by atoms with Crippen LogP contribution in [0, 0.1) is 0 Å². The highest BCUT2D eigenvalue weighted by molar-refractivity contribution is 5.84. The van der Waals surface area contributed by atoms with Crippen molar-refractivity contribution >= 4 is 17.8 Å². The van der Waals surface area contributed by atoms with Crippen molar-refractivity contribution in [3.63, 3.8) is 0 Å². The van der Waals surface area contributed by atoms with E-state index in [0.29, 0.717) is 5.56 Å². The minimum Gasteiger partial charge on any atom is -0.481 e. The van der Waals surface area contributed by atoms with Crippen LogP contribution >= 0.6 is 0 Å². The molecule has 6 nitrogen and oxygen atoms in total. The molecule has 0 saturated heterocycles. The van der Waals surface area contributed by atoms with Crippen molar-refractivity contribution in [2.75, 3.05) is 0 Å². The Kier molecular flexibility index (Phi) is 5.53. The van der Waals surface area contributed by atoms with E-state index in [1.54, 1.807) is 30.3 Å².